The molecule has 1 heterocycles. The van der Waals surface area contributed by atoms with Crippen LogP contribution < -0.4 is 15.4 Å². The number of benzene rings is 2. The minimum Gasteiger partial charge on any atom is -0.497 e. The van der Waals surface area contributed by atoms with Gasteiger partial charge in [0.25, 0.3) is 5.91 Å². The van der Waals surface area contributed by atoms with Crippen molar-refractivity contribution in [1.82, 2.24) is 10.3 Å². The van der Waals surface area contributed by atoms with Crippen molar-refractivity contribution in [2.45, 2.75) is 13.1 Å². The summed E-state index contributed by atoms with van der Waals surface area (Å²) in [6.07, 6.45) is 3.16. The van der Waals surface area contributed by atoms with Crippen molar-refractivity contribution in [3.63, 3.8) is 0 Å². The maximum atomic E-state index is 12.9. The molecule has 0 spiro atoms. The van der Waals surface area contributed by atoms with Crippen LogP contribution in [0.1, 0.15) is 21.5 Å². The first-order valence-electron chi connectivity index (χ1n) is 8.48. The van der Waals surface area contributed by atoms with Crippen LogP contribution in [-0.2, 0) is 13.1 Å². The summed E-state index contributed by atoms with van der Waals surface area (Å²) in [5, 5.41) is 6.05. The van der Waals surface area contributed by atoms with Gasteiger partial charge in [0.05, 0.1) is 18.4 Å². The fraction of sp³-hybridized carbons (Fsp3) is 0.143. The molecule has 0 saturated heterocycles. The van der Waals surface area contributed by atoms with Gasteiger partial charge in [0.2, 0.25) is 0 Å². The zero-order valence-corrected chi connectivity index (χ0v) is 14.9. The molecule has 138 valence electrons. The van der Waals surface area contributed by atoms with E-state index in [0.29, 0.717) is 18.7 Å². The van der Waals surface area contributed by atoms with Crippen LogP contribution in [0.15, 0.2) is 67.0 Å². The van der Waals surface area contributed by atoms with Gasteiger partial charge in [-0.15, -0.1) is 0 Å². The zero-order chi connectivity index (χ0) is 19.1. The Morgan fingerprint density at radius 1 is 1.00 bits per heavy atom. The molecular formula is C21H20FN3O2. The molecule has 0 atom stereocenters. The van der Waals surface area contributed by atoms with Crippen molar-refractivity contribution in [2.24, 2.45) is 0 Å². The molecule has 3 rings (SSSR count). The molecular weight excluding hydrogens is 345 g/mol. The molecule has 1 aromatic heterocycles. The topological polar surface area (TPSA) is 63.2 Å². The predicted octanol–water partition coefficient (Wildman–Crippen LogP) is 3.77. The molecule has 0 aliphatic heterocycles. The Morgan fingerprint density at radius 2 is 1.67 bits per heavy atom. The number of nitrogens with zero attached hydrogens (tertiary/aromatic N) is 1. The van der Waals surface area contributed by atoms with Crippen LogP contribution in [0.4, 0.5) is 10.1 Å². The average Bonchev–Trinajstić information content (AvgIpc) is 2.72. The van der Waals surface area contributed by atoms with Gasteiger partial charge in [-0.05, 0) is 41.5 Å². The number of pyridine rings is 1. The number of carbonyl (C=O) groups is 1. The second-order valence-corrected chi connectivity index (χ2v) is 5.97. The van der Waals surface area contributed by atoms with Gasteiger partial charge in [0.1, 0.15) is 11.6 Å². The number of rotatable bonds is 7. The Labute approximate surface area is 157 Å². The monoisotopic (exact) mass is 365 g/mol. The van der Waals surface area contributed by atoms with Crippen LogP contribution in [0.5, 0.6) is 5.75 Å². The molecule has 2 N–H and O–H groups in total. The van der Waals surface area contributed by atoms with E-state index in [4.69, 9.17) is 4.74 Å². The third-order valence-electron chi connectivity index (χ3n) is 4.02. The van der Waals surface area contributed by atoms with Gasteiger partial charge < -0.3 is 15.4 Å². The number of carbonyl (C=O) groups excluding carboxylic acids is 1. The Bertz CT molecular complexity index is 896. The number of hydrogen-bond acceptors (Lipinski definition) is 4. The molecule has 0 radical (unpaired) electrons. The predicted molar refractivity (Wildman–Crippen MR) is 102 cm³/mol. The van der Waals surface area contributed by atoms with Crippen LogP contribution >= 0.6 is 0 Å². The number of aromatic nitrogens is 1. The minimum absolute atomic E-state index is 0.205. The number of amides is 1. The van der Waals surface area contributed by atoms with E-state index in [-0.39, 0.29) is 11.7 Å². The van der Waals surface area contributed by atoms with Gasteiger partial charge in [0.15, 0.2) is 0 Å². The Hall–Kier alpha value is -3.41. The van der Waals surface area contributed by atoms with Crippen LogP contribution in [0.2, 0.25) is 0 Å². The second-order valence-electron chi connectivity index (χ2n) is 5.97. The molecule has 0 bridgehead atoms. The van der Waals surface area contributed by atoms with E-state index in [1.807, 2.05) is 24.3 Å². The number of ether oxygens (including phenoxy) is 1. The van der Waals surface area contributed by atoms with Crippen LogP contribution in [0.25, 0.3) is 0 Å². The SMILES string of the molecule is COc1ccc(CNC(=O)c2cncc(NCc3ccc(F)cc3)c2)cc1. The summed E-state index contributed by atoms with van der Waals surface area (Å²) in [5.41, 5.74) is 3.09. The third kappa shape index (κ3) is 5.28. The quantitative estimate of drug-likeness (QED) is 0.669. The van der Waals surface area contributed by atoms with Crippen LogP contribution in [0.3, 0.4) is 0 Å². The maximum absolute atomic E-state index is 12.9. The molecule has 0 saturated carbocycles. The first kappa shape index (κ1) is 18.4. The summed E-state index contributed by atoms with van der Waals surface area (Å²) in [7, 11) is 1.61. The number of hydrogen-bond donors (Lipinski definition) is 2. The van der Waals surface area contributed by atoms with E-state index in [0.717, 1.165) is 22.6 Å². The molecule has 2 aromatic carbocycles. The molecule has 0 fully saturated rings. The first-order valence-corrected chi connectivity index (χ1v) is 8.48. The van der Waals surface area contributed by atoms with Crippen molar-refractivity contribution in [3.8, 4) is 5.75 Å². The summed E-state index contributed by atoms with van der Waals surface area (Å²) in [4.78, 5) is 16.5. The van der Waals surface area contributed by atoms with Gasteiger partial charge in [-0.3, -0.25) is 9.78 Å². The molecule has 3 aromatic rings. The largest absolute Gasteiger partial charge is 0.497 e. The van der Waals surface area contributed by atoms with Crippen molar-refractivity contribution in [2.75, 3.05) is 12.4 Å². The van der Waals surface area contributed by atoms with Crippen molar-refractivity contribution in [1.29, 1.82) is 0 Å². The fourth-order valence-electron chi connectivity index (χ4n) is 2.49. The summed E-state index contributed by atoms with van der Waals surface area (Å²) in [6, 6.07) is 15.5. The maximum Gasteiger partial charge on any atom is 0.253 e. The highest BCUT2D eigenvalue weighted by atomic mass is 19.1. The highest BCUT2D eigenvalue weighted by molar-refractivity contribution is 5.94. The van der Waals surface area contributed by atoms with Gasteiger partial charge in [-0.1, -0.05) is 24.3 Å². The molecule has 1 amide bonds. The average molecular weight is 365 g/mol. The highest BCUT2D eigenvalue weighted by Gasteiger charge is 2.07. The summed E-state index contributed by atoms with van der Waals surface area (Å²) in [6.45, 7) is 0.926. The number of nitrogens with one attached hydrogen (secondary N) is 2. The van der Waals surface area contributed by atoms with Gasteiger partial charge in [0, 0.05) is 25.5 Å². The minimum atomic E-state index is -0.268. The standard InChI is InChI=1S/C21H20FN3O2/c1-27-20-8-4-16(5-9-20)12-25-21(26)17-10-19(14-23-13-17)24-11-15-2-6-18(22)7-3-15/h2-10,13-14,24H,11-12H2,1H3,(H,25,26). The Balaban J connectivity index is 1.56. The first-order chi connectivity index (χ1) is 13.1. The van der Waals surface area contributed by atoms with Gasteiger partial charge in [-0.2, -0.15) is 0 Å². The summed E-state index contributed by atoms with van der Waals surface area (Å²) in [5.74, 6) is 0.300. The van der Waals surface area contributed by atoms with Crippen molar-refractivity contribution in [3.05, 3.63) is 89.5 Å². The lowest BCUT2D eigenvalue weighted by Crippen LogP contribution is -2.23. The lowest BCUT2D eigenvalue weighted by atomic mass is 10.2. The number of halogens is 1. The highest BCUT2D eigenvalue weighted by Crippen LogP contribution is 2.13. The van der Waals surface area contributed by atoms with Crippen molar-refractivity contribution >= 4 is 11.6 Å². The molecule has 27 heavy (non-hydrogen) atoms. The molecule has 0 unspecified atom stereocenters. The lowest BCUT2D eigenvalue weighted by Gasteiger charge is -2.09. The Kier molecular flexibility index (Phi) is 5.99. The van der Waals surface area contributed by atoms with E-state index >= 15 is 0 Å². The van der Waals surface area contributed by atoms with E-state index < -0.39 is 0 Å². The molecule has 5 nitrogen and oxygen atoms in total. The van der Waals surface area contributed by atoms with Crippen LogP contribution in [0, 0.1) is 5.82 Å². The van der Waals surface area contributed by atoms with Gasteiger partial charge in [-0.25, -0.2) is 4.39 Å². The van der Waals surface area contributed by atoms with E-state index in [9.17, 15) is 9.18 Å². The summed E-state index contributed by atoms with van der Waals surface area (Å²) >= 11 is 0. The third-order valence-corrected chi connectivity index (χ3v) is 4.02. The number of anilines is 1. The fourth-order valence-corrected chi connectivity index (χ4v) is 2.49. The zero-order valence-electron chi connectivity index (χ0n) is 14.9. The smallest absolute Gasteiger partial charge is 0.253 e. The second kappa shape index (κ2) is 8.80. The van der Waals surface area contributed by atoms with E-state index in [1.54, 1.807) is 31.5 Å². The lowest BCUT2D eigenvalue weighted by molar-refractivity contribution is 0.0950. The molecule has 0 aliphatic rings. The summed E-state index contributed by atoms with van der Waals surface area (Å²) < 4.78 is 18.1. The normalized spacial score (nSPS) is 10.3. The molecule has 0 aliphatic carbocycles. The van der Waals surface area contributed by atoms with Gasteiger partial charge >= 0.3 is 0 Å². The Morgan fingerprint density at radius 3 is 2.37 bits per heavy atom. The van der Waals surface area contributed by atoms with Crippen molar-refractivity contribution < 1.29 is 13.9 Å². The van der Waals surface area contributed by atoms with E-state index in [1.165, 1.54) is 18.3 Å². The van der Waals surface area contributed by atoms with E-state index in [2.05, 4.69) is 15.6 Å². The number of methoxy groups -OCH3 is 1. The molecule has 6 heteroatoms. The van der Waals surface area contributed by atoms with Crippen LogP contribution in [-0.4, -0.2) is 18.0 Å².